The van der Waals surface area contributed by atoms with E-state index in [1.165, 1.54) is 24.7 Å². The molecule has 1 aliphatic heterocycles. The second-order valence-electron chi connectivity index (χ2n) is 6.26. The van der Waals surface area contributed by atoms with E-state index < -0.39 is 17.9 Å². The summed E-state index contributed by atoms with van der Waals surface area (Å²) in [4.78, 5) is 28.8. The molecule has 0 aromatic carbocycles. The number of carbonyl (C=O) groups is 1. The van der Waals surface area contributed by atoms with Gasteiger partial charge in [-0.25, -0.2) is 24.1 Å². The molecule has 3 rings (SSSR count). The van der Waals surface area contributed by atoms with Crippen LogP contribution in [0.25, 0.3) is 0 Å². The van der Waals surface area contributed by atoms with Gasteiger partial charge in [-0.2, -0.15) is 0 Å². The molecule has 2 aromatic rings. The van der Waals surface area contributed by atoms with Crippen LogP contribution in [-0.4, -0.2) is 45.2 Å². The van der Waals surface area contributed by atoms with Gasteiger partial charge in [0.2, 0.25) is 0 Å². The molecule has 0 atom stereocenters. The van der Waals surface area contributed by atoms with E-state index in [4.69, 9.17) is 16.2 Å². The van der Waals surface area contributed by atoms with Gasteiger partial charge in [0.05, 0.1) is 12.4 Å². The lowest BCUT2D eigenvalue weighted by Crippen LogP contribution is -2.34. The predicted octanol–water partition coefficient (Wildman–Crippen LogP) is 1.01. The number of piperidine rings is 1. The maximum atomic E-state index is 14.8. The van der Waals surface area contributed by atoms with E-state index in [0.29, 0.717) is 18.9 Å². The molecule has 0 saturated carbocycles. The minimum Gasteiger partial charge on any atom is -0.505 e. The molecule has 0 aliphatic carbocycles. The van der Waals surface area contributed by atoms with Crippen LogP contribution < -0.4 is 16.4 Å². The van der Waals surface area contributed by atoms with Crippen LogP contribution in [0.15, 0.2) is 29.6 Å². The molecule has 1 amide bonds. The SMILES string of the molecule is NC(N)=NC(=O)OCc1ccnc(N2CCC(c3ncc(O)cn3)CC2)c1F. The van der Waals surface area contributed by atoms with Crippen LogP contribution in [0.1, 0.15) is 30.1 Å². The summed E-state index contributed by atoms with van der Waals surface area (Å²) in [6, 6.07) is 1.43. The summed E-state index contributed by atoms with van der Waals surface area (Å²) in [6.45, 7) is 0.820. The summed E-state index contributed by atoms with van der Waals surface area (Å²) < 4.78 is 19.6. The molecular formula is C17H20FN7O3. The van der Waals surface area contributed by atoms with Crippen molar-refractivity contribution in [2.45, 2.75) is 25.4 Å². The Labute approximate surface area is 160 Å². The van der Waals surface area contributed by atoms with Gasteiger partial charge >= 0.3 is 6.09 Å². The van der Waals surface area contributed by atoms with Gasteiger partial charge in [-0.05, 0) is 18.9 Å². The second kappa shape index (κ2) is 8.46. The van der Waals surface area contributed by atoms with E-state index in [2.05, 4.69) is 19.9 Å². The highest BCUT2D eigenvalue weighted by Crippen LogP contribution is 2.30. The first-order chi connectivity index (χ1) is 13.4. The van der Waals surface area contributed by atoms with Crippen molar-refractivity contribution in [3.05, 3.63) is 41.9 Å². The van der Waals surface area contributed by atoms with Crippen molar-refractivity contribution < 1.29 is 19.0 Å². The Bertz CT molecular complexity index is 864. The van der Waals surface area contributed by atoms with Crippen molar-refractivity contribution in [1.29, 1.82) is 0 Å². The van der Waals surface area contributed by atoms with Crippen LogP contribution in [0.4, 0.5) is 15.0 Å². The van der Waals surface area contributed by atoms with Crippen molar-refractivity contribution >= 4 is 17.9 Å². The van der Waals surface area contributed by atoms with Gasteiger partial charge in [0.25, 0.3) is 0 Å². The van der Waals surface area contributed by atoms with E-state index in [-0.39, 0.29) is 29.7 Å². The number of rotatable bonds is 4. The van der Waals surface area contributed by atoms with Crippen molar-refractivity contribution in [2.24, 2.45) is 16.5 Å². The Morgan fingerprint density at radius 2 is 1.96 bits per heavy atom. The largest absolute Gasteiger partial charge is 0.505 e. The number of guanidine groups is 1. The van der Waals surface area contributed by atoms with Gasteiger partial charge in [0.15, 0.2) is 23.3 Å². The summed E-state index contributed by atoms with van der Waals surface area (Å²) in [7, 11) is 0. The van der Waals surface area contributed by atoms with Gasteiger partial charge < -0.3 is 26.2 Å². The molecule has 0 spiro atoms. The number of pyridine rings is 1. The first-order valence-corrected chi connectivity index (χ1v) is 8.59. The molecule has 11 heteroatoms. The smallest absolute Gasteiger partial charge is 0.437 e. The average molecular weight is 389 g/mol. The highest BCUT2D eigenvalue weighted by molar-refractivity contribution is 5.87. The zero-order chi connectivity index (χ0) is 20.1. The van der Waals surface area contributed by atoms with Crippen LogP contribution in [-0.2, 0) is 11.3 Å². The number of hydrogen-bond acceptors (Lipinski definition) is 7. The first kappa shape index (κ1) is 19.3. The van der Waals surface area contributed by atoms with Crippen LogP contribution in [0.5, 0.6) is 5.75 Å². The quantitative estimate of drug-likeness (QED) is 0.513. The predicted molar refractivity (Wildman–Crippen MR) is 98.1 cm³/mol. The third kappa shape index (κ3) is 4.61. The van der Waals surface area contributed by atoms with E-state index >= 15 is 0 Å². The van der Waals surface area contributed by atoms with Gasteiger partial charge in [-0.1, -0.05) is 0 Å². The molecule has 28 heavy (non-hydrogen) atoms. The van der Waals surface area contributed by atoms with Crippen LogP contribution in [0.2, 0.25) is 0 Å². The Morgan fingerprint density at radius 1 is 1.29 bits per heavy atom. The van der Waals surface area contributed by atoms with Gasteiger partial charge in [-0.3, -0.25) is 0 Å². The van der Waals surface area contributed by atoms with Gasteiger partial charge in [-0.15, -0.1) is 4.99 Å². The standard InChI is InChI=1S/C17H20FN7O3/c18-13-11(9-28-17(27)24-16(19)20)1-4-21-15(13)25-5-2-10(3-6-25)14-22-7-12(26)8-23-14/h1,4,7-8,10,26H,2-3,5-6,9H2,(H4,19,20,24,27). The number of aliphatic imine (C=N–C) groups is 1. The topological polar surface area (TPSA) is 153 Å². The molecule has 1 saturated heterocycles. The third-order valence-corrected chi connectivity index (χ3v) is 4.34. The minimum atomic E-state index is -0.993. The lowest BCUT2D eigenvalue weighted by Gasteiger charge is -2.32. The maximum Gasteiger partial charge on any atom is 0.437 e. The highest BCUT2D eigenvalue weighted by atomic mass is 19.1. The molecular weight excluding hydrogens is 369 g/mol. The minimum absolute atomic E-state index is 0.0183. The van der Waals surface area contributed by atoms with Crippen molar-refractivity contribution in [3.63, 3.8) is 0 Å². The van der Waals surface area contributed by atoms with Crippen molar-refractivity contribution in [2.75, 3.05) is 18.0 Å². The number of anilines is 1. The van der Waals surface area contributed by atoms with Gasteiger partial charge in [0, 0.05) is 30.8 Å². The molecule has 148 valence electrons. The number of amides is 1. The summed E-state index contributed by atoms with van der Waals surface area (Å²) in [6.07, 6.45) is 4.63. The Kier molecular flexibility index (Phi) is 5.82. The normalized spacial score (nSPS) is 14.5. The Morgan fingerprint density at radius 3 is 2.61 bits per heavy atom. The number of halogens is 1. The molecule has 2 aromatic heterocycles. The molecule has 3 heterocycles. The molecule has 5 N–H and O–H groups in total. The summed E-state index contributed by atoms with van der Waals surface area (Å²) in [5.74, 6) is 0.0147. The lowest BCUT2D eigenvalue weighted by atomic mass is 9.96. The number of hydrogen-bond donors (Lipinski definition) is 3. The molecule has 0 radical (unpaired) electrons. The number of nitrogens with zero attached hydrogens (tertiary/aromatic N) is 5. The number of nitrogens with two attached hydrogens (primary N) is 2. The number of ether oxygens (including phenoxy) is 1. The molecule has 0 unspecified atom stereocenters. The third-order valence-electron chi connectivity index (χ3n) is 4.34. The molecule has 10 nitrogen and oxygen atoms in total. The van der Waals surface area contributed by atoms with E-state index in [1.54, 1.807) is 0 Å². The fraction of sp³-hybridized carbons (Fsp3) is 0.353. The first-order valence-electron chi connectivity index (χ1n) is 8.59. The number of carbonyl (C=O) groups excluding carboxylic acids is 1. The van der Waals surface area contributed by atoms with E-state index in [9.17, 15) is 14.3 Å². The van der Waals surface area contributed by atoms with Crippen molar-refractivity contribution in [1.82, 2.24) is 15.0 Å². The number of aromatic nitrogens is 3. The average Bonchev–Trinajstić information content (AvgIpc) is 2.67. The Hall–Kier alpha value is -3.50. The van der Waals surface area contributed by atoms with Crippen LogP contribution in [0.3, 0.4) is 0 Å². The zero-order valence-electron chi connectivity index (χ0n) is 15.0. The fourth-order valence-electron chi connectivity index (χ4n) is 2.97. The monoisotopic (exact) mass is 389 g/mol. The van der Waals surface area contributed by atoms with Gasteiger partial charge in [0.1, 0.15) is 12.4 Å². The number of aromatic hydroxyl groups is 1. The van der Waals surface area contributed by atoms with Crippen molar-refractivity contribution in [3.8, 4) is 5.75 Å². The second-order valence-corrected chi connectivity index (χ2v) is 6.26. The summed E-state index contributed by atoms with van der Waals surface area (Å²) >= 11 is 0. The molecule has 1 fully saturated rings. The molecule has 1 aliphatic rings. The van der Waals surface area contributed by atoms with E-state index in [1.807, 2.05) is 4.90 Å². The molecule has 0 bridgehead atoms. The highest BCUT2D eigenvalue weighted by Gasteiger charge is 2.26. The Balaban J connectivity index is 1.64. The maximum absolute atomic E-state index is 14.8. The fourth-order valence-corrected chi connectivity index (χ4v) is 2.97. The zero-order valence-corrected chi connectivity index (χ0v) is 15.0. The summed E-state index contributed by atoms with van der Waals surface area (Å²) in [5.41, 5.74) is 10.4. The van der Waals surface area contributed by atoms with Crippen LogP contribution >= 0.6 is 0 Å². The van der Waals surface area contributed by atoms with E-state index in [0.717, 1.165) is 12.8 Å². The summed E-state index contributed by atoms with van der Waals surface area (Å²) in [5, 5.41) is 9.29. The van der Waals surface area contributed by atoms with Crippen LogP contribution in [0, 0.1) is 5.82 Å². The lowest BCUT2D eigenvalue weighted by molar-refractivity contribution is 0.149.